The number of ether oxygens (including phenoxy) is 2. The van der Waals surface area contributed by atoms with Crippen LogP contribution < -0.4 is 4.90 Å². The summed E-state index contributed by atoms with van der Waals surface area (Å²) in [6, 6.07) is 12.5. The zero-order valence-electron chi connectivity index (χ0n) is 22.1. The third-order valence-electron chi connectivity index (χ3n) is 8.26. The lowest BCUT2D eigenvalue weighted by molar-refractivity contribution is -0.155. The molecule has 3 heterocycles. The number of esters is 1. The third-order valence-corrected chi connectivity index (χ3v) is 8.56. The van der Waals surface area contributed by atoms with E-state index in [0.717, 1.165) is 5.56 Å². The lowest BCUT2D eigenvalue weighted by atomic mass is 9.70. The quantitative estimate of drug-likeness (QED) is 0.375. The van der Waals surface area contributed by atoms with Crippen LogP contribution in [0.5, 0.6) is 0 Å². The molecule has 2 aromatic carbocycles. The molecule has 3 saturated heterocycles. The Kier molecular flexibility index (Phi) is 7.55. The molecule has 0 aromatic heterocycles. The van der Waals surface area contributed by atoms with Crippen LogP contribution >= 0.6 is 11.6 Å². The molecule has 2 unspecified atom stereocenters. The number of hydrogen-bond acceptors (Lipinski definition) is 6. The third kappa shape index (κ3) is 4.26. The number of nitrogens with zero attached hydrogens (tertiary/aromatic N) is 2. The molecule has 39 heavy (non-hydrogen) atoms. The summed E-state index contributed by atoms with van der Waals surface area (Å²) in [5.41, 5.74) is 0.734. The molecule has 8 nitrogen and oxygen atoms in total. The van der Waals surface area contributed by atoms with Gasteiger partial charge in [0, 0.05) is 6.54 Å². The van der Waals surface area contributed by atoms with Gasteiger partial charge in [-0.1, -0.05) is 60.1 Å². The molecule has 0 saturated carbocycles. The van der Waals surface area contributed by atoms with E-state index < -0.39 is 60.0 Å². The number of aliphatic hydroxyl groups excluding tert-OH is 1. The van der Waals surface area contributed by atoms with Crippen LogP contribution in [0.25, 0.3) is 0 Å². The predicted molar refractivity (Wildman–Crippen MR) is 146 cm³/mol. The lowest BCUT2D eigenvalue weighted by Crippen LogP contribution is -2.57. The minimum Gasteiger partial charge on any atom is -0.466 e. The summed E-state index contributed by atoms with van der Waals surface area (Å²) < 4.78 is 11.9. The van der Waals surface area contributed by atoms with E-state index in [-0.39, 0.29) is 13.2 Å². The highest BCUT2D eigenvalue weighted by Crippen LogP contribution is 2.60. The van der Waals surface area contributed by atoms with Gasteiger partial charge in [-0.05, 0) is 43.9 Å². The Morgan fingerprint density at radius 1 is 1.28 bits per heavy atom. The number of anilines is 1. The second-order valence-corrected chi connectivity index (χ2v) is 10.7. The highest BCUT2D eigenvalue weighted by Gasteiger charge is 2.75. The Morgan fingerprint density at radius 3 is 2.67 bits per heavy atom. The number of hydrogen-bond donors (Lipinski definition) is 1. The zero-order valence-corrected chi connectivity index (χ0v) is 22.8. The molecule has 1 spiro atoms. The molecule has 0 aliphatic carbocycles. The zero-order chi connectivity index (χ0) is 27.9. The van der Waals surface area contributed by atoms with Crippen molar-refractivity contribution in [3.8, 4) is 0 Å². The fraction of sp³-hybridized carbons (Fsp3) is 0.433. The number of rotatable bonds is 9. The average molecular weight is 553 g/mol. The first kappa shape index (κ1) is 27.4. The number of aryl methyl sites for hydroxylation is 1. The van der Waals surface area contributed by atoms with Crippen molar-refractivity contribution in [1.82, 2.24) is 4.90 Å². The molecule has 2 amide bonds. The van der Waals surface area contributed by atoms with Gasteiger partial charge in [0.2, 0.25) is 5.91 Å². The second-order valence-electron chi connectivity index (χ2n) is 10.3. The Morgan fingerprint density at radius 2 is 2.03 bits per heavy atom. The lowest BCUT2D eigenvalue weighted by Gasteiger charge is -2.39. The fourth-order valence-electron chi connectivity index (χ4n) is 6.78. The Balaban J connectivity index is 1.67. The van der Waals surface area contributed by atoms with E-state index in [4.69, 9.17) is 21.1 Å². The van der Waals surface area contributed by atoms with Gasteiger partial charge in [-0.2, -0.15) is 0 Å². The molecule has 3 aliphatic heterocycles. The molecule has 5 rings (SSSR count). The van der Waals surface area contributed by atoms with Crippen molar-refractivity contribution >= 4 is 35.1 Å². The smallest absolute Gasteiger partial charge is 0.312 e. The summed E-state index contributed by atoms with van der Waals surface area (Å²) in [7, 11) is 0. The molecule has 2 aromatic rings. The molecular formula is C30H33ClN2O6. The Labute approximate surface area is 233 Å². The second kappa shape index (κ2) is 10.8. The summed E-state index contributed by atoms with van der Waals surface area (Å²) in [6.45, 7) is 7.32. The van der Waals surface area contributed by atoms with Gasteiger partial charge in [0.25, 0.3) is 5.91 Å². The SMILES string of the molecule is C=CCN(C(=O)C1N([C@H](CO)c2ccccc2)C(=O)[C@@H]2[C@@H](C(=O)OCC)[C@H]3CCC12O3)c1c(C)cccc1Cl. The van der Waals surface area contributed by atoms with Gasteiger partial charge in [0.05, 0.1) is 47.9 Å². The summed E-state index contributed by atoms with van der Waals surface area (Å²) in [4.78, 5) is 45.1. The van der Waals surface area contributed by atoms with E-state index >= 15 is 0 Å². The first-order valence-corrected chi connectivity index (χ1v) is 13.7. The van der Waals surface area contributed by atoms with Crippen LogP contribution in [-0.2, 0) is 23.9 Å². The predicted octanol–water partition coefficient (Wildman–Crippen LogP) is 3.84. The first-order chi connectivity index (χ1) is 18.8. The molecule has 1 N–H and O–H groups in total. The van der Waals surface area contributed by atoms with Gasteiger partial charge in [-0.25, -0.2) is 0 Å². The molecule has 3 aliphatic rings. The average Bonchev–Trinajstić information content (AvgIpc) is 3.57. The number of amides is 2. The maximum absolute atomic E-state index is 14.7. The van der Waals surface area contributed by atoms with Crippen LogP contribution in [0.4, 0.5) is 5.69 Å². The molecule has 9 heteroatoms. The van der Waals surface area contributed by atoms with Crippen LogP contribution in [0.1, 0.15) is 36.9 Å². The summed E-state index contributed by atoms with van der Waals surface area (Å²) in [5, 5.41) is 11.0. The van der Waals surface area contributed by atoms with E-state index in [0.29, 0.717) is 29.1 Å². The summed E-state index contributed by atoms with van der Waals surface area (Å²) >= 11 is 6.61. The van der Waals surface area contributed by atoms with Crippen LogP contribution in [0.2, 0.25) is 5.02 Å². The fourth-order valence-corrected chi connectivity index (χ4v) is 7.10. The summed E-state index contributed by atoms with van der Waals surface area (Å²) in [6.07, 6.45) is 2.03. The number of para-hydroxylation sites is 1. The van der Waals surface area contributed by atoms with Crippen molar-refractivity contribution in [3.05, 3.63) is 77.3 Å². The topological polar surface area (TPSA) is 96.4 Å². The Bertz CT molecular complexity index is 1270. The van der Waals surface area contributed by atoms with E-state index in [1.165, 1.54) is 9.80 Å². The number of carbonyl (C=O) groups excluding carboxylic acids is 3. The number of fused-ring (bicyclic) bond motifs is 1. The van der Waals surface area contributed by atoms with Crippen LogP contribution in [0.15, 0.2) is 61.2 Å². The van der Waals surface area contributed by atoms with Crippen molar-refractivity contribution in [2.24, 2.45) is 11.8 Å². The van der Waals surface area contributed by atoms with E-state index in [2.05, 4.69) is 6.58 Å². The van der Waals surface area contributed by atoms with Crippen LogP contribution in [0, 0.1) is 18.8 Å². The van der Waals surface area contributed by atoms with E-state index in [9.17, 15) is 19.5 Å². The van der Waals surface area contributed by atoms with E-state index in [1.807, 2.05) is 43.3 Å². The van der Waals surface area contributed by atoms with Gasteiger partial charge in [0.15, 0.2) is 0 Å². The number of carbonyl (C=O) groups is 3. The van der Waals surface area contributed by atoms with E-state index in [1.54, 1.807) is 25.1 Å². The summed E-state index contributed by atoms with van der Waals surface area (Å²) in [5.74, 6) is -3.02. The van der Waals surface area contributed by atoms with Crippen molar-refractivity contribution in [2.75, 3.05) is 24.7 Å². The monoisotopic (exact) mass is 552 g/mol. The van der Waals surface area contributed by atoms with Crippen molar-refractivity contribution in [2.45, 2.75) is 50.5 Å². The molecule has 2 bridgehead atoms. The molecule has 3 fully saturated rings. The van der Waals surface area contributed by atoms with Gasteiger partial charge in [-0.15, -0.1) is 6.58 Å². The highest BCUT2D eigenvalue weighted by molar-refractivity contribution is 6.34. The molecule has 206 valence electrons. The maximum Gasteiger partial charge on any atom is 0.312 e. The maximum atomic E-state index is 14.7. The number of halogens is 1. The Hall–Kier alpha value is -3.20. The van der Waals surface area contributed by atoms with Crippen LogP contribution in [0.3, 0.4) is 0 Å². The number of likely N-dealkylation sites (tertiary alicyclic amines) is 1. The first-order valence-electron chi connectivity index (χ1n) is 13.3. The normalized spacial score (nSPS) is 27.8. The molecule has 6 atom stereocenters. The minimum atomic E-state index is -1.24. The van der Waals surface area contributed by atoms with Crippen molar-refractivity contribution in [3.63, 3.8) is 0 Å². The van der Waals surface area contributed by atoms with Gasteiger partial charge < -0.3 is 24.4 Å². The highest BCUT2D eigenvalue weighted by atomic mass is 35.5. The standard InChI is InChI=1S/C30H33ClN2O6/c1-4-16-32(25-18(3)10-9-13-20(25)31)28(36)26-30-15-14-22(39-30)23(29(37)38-5-2)24(30)27(35)33(26)21(17-34)19-11-7-6-8-12-19/h4,6-13,21-24,26,34H,1,5,14-17H2,2-3H3/t21-,22-,23+,24+,26?,30?/m1/s1. The van der Waals surface area contributed by atoms with Gasteiger partial charge in [-0.3, -0.25) is 14.4 Å². The van der Waals surface area contributed by atoms with Crippen molar-refractivity contribution in [1.29, 1.82) is 0 Å². The molecule has 0 radical (unpaired) electrons. The number of benzene rings is 2. The number of aliphatic hydroxyl groups is 1. The van der Waals surface area contributed by atoms with Gasteiger partial charge >= 0.3 is 5.97 Å². The van der Waals surface area contributed by atoms with Crippen LogP contribution in [-0.4, -0.2) is 65.3 Å². The largest absolute Gasteiger partial charge is 0.466 e. The van der Waals surface area contributed by atoms with Gasteiger partial charge in [0.1, 0.15) is 11.6 Å². The minimum absolute atomic E-state index is 0.141. The molecular weight excluding hydrogens is 520 g/mol. The van der Waals surface area contributed by atoms with Crippen molar-refractivity contribution < 1.29 is 29.0 Å².